The van der Waals surface area contributed by atoms with Gasteiger partial charge in [0.05, 0.1) is 16.9 Å². The maximum atomic E-state index is 12.9. The molecule has 0 saturated heterocycles. The molecule has 2 nitrogen and oxygen atoms in total. The van der Waals surface area contributed by atoms with Crippen molar-refractivity contribution in [2.75, 3.05) is 11.4 Å². The van der Waals surface area contributed by atoms with Crippen LogP contribution in [0.5, 0.6) is 0 Å². The number of nitrogens with zero attached hydrogens (tertiary/aromatic N) is 1. The summed E-state index contributed by atoms with van der Waals surface area (Å²) in [6.07, 6.45) is 0. The summed E-state index contributed by atoms with van der Waals surface area (Å²) in [5.41, 5.74) is 1.59. The summed E-state index contributed by atoms with van der Waals surface area (Å²) in [4.78, 5) is 13.4. The molecule has 0 atom stereocenters. The smallest absolute Gasteiger partial charge is 0.210 e. The van der Waals surface area contributed by atoms with Gasteiger partial charge in [-0.1, -0.05) is 6.58 Å². The minimum absolute atomic E-state index is 0.179. The third-order valence-corrected chi connectivity index (χ3v) is 2.40. The van der Waals surface area contributed by atoms with Crippen molar-refractivity contribution in [1.29, 1.82) is 0 Å². The van der Waals surface area contributed by atoms with Gasteiger partial charge in [0.2, 0.25) is 5.78 Å². The Hall–Kier alpha value is -1.64. The van der Waals surface area contributed by atoms with Crippen LogP contribution in [0.4, 0.5) is 10.1 Å². The molecule has 1 aliphatic rings. The molecule has 0 aromatic heterocycles. The summed E-state index contributed by atoms with van der Waals surface area (Å²) in [5, 5.41) is 0. The first-order chi connectivity index (χ1) is 6.65. The minimum Gasteiger partial charge on any atom is -0.338 e. The van der Waals surface area contributed by atoms with Gasteiger partial charge in [0.1, 0.15) is 5.82 Å². The summed E-state index contributed by atoms with van der Waals surface area (Å²) in [5.74, 6) is -0.566. The van der Waals surface area contributed by atoms with E-state index >= 15 is 0 Å². The van der Waals surface area contributed by atoms with E-state index in [9.17, 15) is 9.18 Å². The van der Waals surface area contributed by atoms with Gasteiger partial charge >= 0.3 is 0 Å². The van der Waals surface area contributed by atoms with Gasteiger partial charge < -0.3 is 4.90 Å². The predicted molar refractivity (Wildman–Crippen MR) is 52.9 cm³/mol. The average molecular weight is 191 g/mol. The molecule has 0 amide bonds. The number of benzene rings is 1. The van der Waals surface area contributed by atoms with Crippen LogP contribution >= 0.6 is 0 Å². The summed E-state index contributed by atoms with van der Waals surface area (Å²) in [7, 11) is 0. The number of rotatable bonds is 1. The van der Waals surface area contributed by atoms with Crippen molar-refractivity contribution in [2.45, 2.75) is 6.92 Å². The van der Waals surface area contributed by atoms with Crippen molar-refractivity contribution in [3.63, 3.8) is 0 Å². The Balaban J connectivity index is 2.61. The third kappa shape index (κ3) is 1.05. The molecule has 1 heterocycles. The number of hydrogen-bond donors (Lipinski definition) is 0. The van der Waals surface area contributed by atoms with Crippen molar-refractivity contribution in [1.82, 2.24) is 0 Å². The van der Waals surface area contributed by atoms with Crippen molar-refractivity contribution in [2.24, 2.45) is 0 Å². The number of Topliss-reactive ketones (excluding diaryl/α,β-unsaturated/α-hetero) is 1. The van der Waals surface area contributed by atoms with Crippen LogP contribution in [0.15, 0.2) is 30.5 Å². The van der Waals surface area contributed by atoms with Gasteiger partial charge in [-0.2, -0.15) is 0 Å². The molecule has 0 aliphatic carbocycles. The standard InChI is InChI=1S/C11H10FNO/c1-3-13-7(2)11(14)9-6-8(12)4-5-10(9)13/h4-6H,2-3H2,1H3. The van der Waals surface area contributed by atoms with Gasteiger partial charge in [0, 0.05) is 6.54 Å². The number of carbonyl (C=O) groups is 1. The zero-order valence-electron chi connectivity index (χ0n) is 7.88. The van der Waals surface area contributed by atoms with Crippen LogP contribution in [-0.2, 0) is 0 Å². The molecule has 0 bridgehead atoms. The Morgan fingerprint density at radius 1 is 1.50 bits per heavy atom. The first-order valence-electron chi connectivity index (χ1n) is 4.46. The normalized spacial score (nSPS) is 14.9. The second-order valence-electron chi connectivity index (χ2n) is 3.18. The second-order valence-corrected chi connectivity index (χ2v) is 3.18. The van der Waals surface area contributed by atoms with Crippen LogP contribution in [0.3, 0.4) is 0 Å². The van der Waals surface area contributed by atoms with E-state index in [-0.39, 0.29) is 11.6 Å². The topological polar surface area (TPSA) is 20.3 Å². The van der Waals surface area contributed by atoms with Crippen LogP contribution in [0, 0.1) is 5.82 Å². The fourth-order valence-corrected chi connectivity index (χ4v) is 1.71. The largest absolute Gasteiger partial charge is 0.338 e. The molecule has 0 saturated carbocycles. The van der Waals surface area contributed by atoms with E-state index < -0.39 is 0 Å². The fraction of sp³-hybridized carbons (Fsp3) is 0.182. The quantitative estimate of drug-likeness (QED) is 0.635. The van der Waals surface area contributed by atoms with E-state index in [0.29, 0.717) is 17.8 Å². The molecule has 1 aromatic carbocycles. The molecule has 0 radical (unpaired) electrons. The lowest BCUT2D eigenvalue weighted by Gasteiger charge is -2.16. The van der Waals surface area contributed by atoms with Gasteiger partial charge in [-0.25, -0.2) is 4.39 Å². The van der Waals surface area contributed by atoms with Crippen LogP contribution in [0.25, 0.3) is 0 Å². The van der Waals surface area contributed by atoms with Crippen LogP contribution in [0.2, 0.25) is 0 Å². The van der Waals surface area contributed by atoms with Crippen LogP contribution in [0.1, 0.15) is 17.3 Å². The molecular formula is C11H10FNO. The van der Waals surface area contributed by atoms with E-state index in [1.165, 1.54) is 12.1 Å². The van der Waals surface area contributed by atoms with Crippen LogP contribution in [-0.4, -0.2) is 12.3 Å². The van der Waals surface area contributed by atoms with Gasteiger partial charge in [-0.15, -0.1) is 0 Å². The van der Waals surface area contributed by atoms with Gasteiger partial charge in [-0.3, -0.25) is 4.79 Å². The highest BCUT2D eigenvalue weighted by Crippen LogP contribution is 2.33. The molecule has 0 spiro atoms. The summed E-state index contributed by atoms with van der Waals surface area (Å²) < 4.78 is 12.9. The number of anilines is 1. The van der Waals surface area contributed by atoms with Gasteiger partial charge in [0.15, 0.2) is 0 Å². The molecule has 1 aliphatic heterocycles. The lowest BCUT2D eigenvalue weighted by molar-refractivity contribution is 0.103. The van der Waals surface area contributed by atoms with Crippen molar-refractivity contribution in [3.8, 4) is 0 Å². The lowest BCUT2D eigenvalue weighted by Crippen LogP contribution is -2.18. The maximum Gasteiger partial charge on any atom is 0.210 e. The zero-order chi connectivity index (χ0) is 10.3. The van der Waals surface area contributed by atoms with E-state index in [4.69, 9.17) is 0 Å². The Bertz CT molecular complexity index is 425. The highest BCUT2D eigenvalue weighted by Gasteiger charge is 2.29. The molecule has 2 rings (SSSR count). The number of likely N-dealkylation sites (N-methyl/N-ethyl adjacent to an activating group) is 1. The highest BCUT2D eigenvalue weighted by atomic mass is 19.1. The molecule has 72 valence electrons. The molecule has 0 fully saturated rings. The highest BCUT2D eigenvalue weighted by molar-refractivity contribution is 6.18. The maximum absolute atomic E-state index is 12.9. The number of fused-ring (bicyclic) bond motifs is 1. The fourth-order valence-electron chi connectivity index (χ4n) is 1.71. The Morgan fingerprint density at radius 2 is 2.21 bits per heavy atom. The number of carbonyl (C=O) groups excluding carboxylic acids is 1. The van der Waals surface area contributed by atoms with Crippen LogP contribution < -0.4 is 4.90 Å². The second kappa shape index (κ2) is 2.94. The molecule has 14 heavy (non-hydrogen) atoms. The number of halogens is 1. The van der Waals surface area contributed by atoms with E-state index in [1.54, 1.807) is 11.0 Å². The van der Waals surface area contributed by atoms with Crippen molar-refractivity contribution < 1.29 is 9.18 Å². The Kier molecular flexibility index (Phi) is 1.88. The van der Waals surface area contributed by atoms with Gasteiger partial charge in [0.25, 0.3) is 0 Å². The van der Waals surface area contributed by atoms with Crippen molar-refractivity contribution in [3.05, 3.63) is 41.9 Å². The predicted octanol–water partition coefficient (Wildman–Crippen LogP) is 2.36. The Morgan fingerprint density at radius 3 is 2.86 bits per heavy atom. The zero-order valence-corrected chi connectivity index (χ0v) is 7.88. The summed E-state index contributed by atoms with van der Waals surface area (Å²) >= 11 is 0. The lowest BCUT2D eigenvalue weighted by atomic mass is 10.1. The Labute approximate surface area is 81.6 Å². The van der Waals surface area contributed by atoms with E-state index in [1.807, 2.05) is 6.92 Å². The van der Waals surface area contributed by atoms with E-state index in [0.717, 1.165) is 5.69 Å². The van der Waals surface area contributed by atoms with E-state index in [2.05, 4.69) is 6.58 Å². The monoisotopic (exact) mass is 191 g/mol. The number of ketones is 1. The molecular weight excluding hydrogens is 181 g/mol. The molecule has 3 heteroatoms. The van der Waals surface area contributed by atoms with Crippen molar-refractivity contribution >= 4 is 11.5 Å². The SMILES string of the molecule is C=C1C(=O)c2cc(F)ccc2N1CC. The average Bonchev–Trinajstić information content (AvgIpc) is 2.41. The number of allylic oxidation sites excluding steroid dienone is 1. The first-order valence-corrected chi connectivity index (χ1v) is 4.46. The molecule has 0 N–H and O–H groups in total. The number of hydrogen-bond acceptors (Lipinski definition) is 2. The first kappa shape index (κ1) is 8.94. The molecule has 1 aromatic rings. The minimum atomic E-state index is -0.386. The van der Waals surface area contributed by atoms with Gasteiger partial charge in [-0.05, 0) is 25.1 Å². The third-order valence-electron chi connectivity index (χ3n) is 2.40. The summed E-state index contributed by atoms with van der Waals surface area (Å²) in [6.45, 7) is 6.28. The summed E-state index contributed by atoms with van der Waals surface area (Å²) in [6, 6.07) is 4.23. The molecule has 0 unspecified atom stereocenters.